The van der Waals surface area contributed by atoms with Crippen LogP contribution < -0.4 is 10.1 Å². The highest BCUT2D eigenvalue weighted by Gasteiger charge is 2.47. The van der Waals surface area contributed by atoms with Crippen LogP contribution in [0.25, 0.3) is 11.1 Å². The number of carbonyl (C=O) groups excluding carboxylic acids is 5. The number of likely N-dealkylation sites (tertiary alicyclic amines) is 1. The first-order valence-electron chi connectivity index (χ1n) is 20.2. The van der Waals surface area contributed by atoms with E-state index in [9.17, 15) is 28.4 Å². The van der Waals surface area contributed by atoms with Gasteiger partial charge in [-0.1, -0.05) is 65.0 Å². The Morgan fingerprint density at radius 3 is 2.45 bits per heavy atom. The molecular formula is C43H54ClFN4O7. The third-order valence-corrected chi connectivity index (χ3v) is 11.9. The molecule has 1 aliphatic heterocycles. The predicted octanol–water partition coefficient (Wildman–Crippen LogP) is 8.36. The Morgan fingerprint density at radius 1 is 1.04 bits per heavy atom. The third-order valence-electron chi connectivity index (χ3n) is 11.7. The van der Waals surface area contributed by atoms with E-state index in [-0.39, 0.29) is 73.4 Å². The molecule has 3 fully saturated rings. The maximum absolute atomic E-state index is 14.9. The van der Waals surface area contributed by atoms with Gasteiger partial charge in [0.15, 0.2) is 22.9 Å². The van der Waals surface area contributed by atoms with E-state index in [1.54, 1.807) is 12.1 Å². The number of anilines is 1. The maximum Gasteiger partial charge on any atom is 0.296 e. The molecule has 1 aromatic carbocycles. The molecule has 3 heterocycles. The van der Waals surface area contributed by atoms with Crippen LogP contribution in [0.1, 0.15) is 111 Å². The van der Waals surface area contributed by atoms with Crippen LogP contribution in [0.5, 0.6) is 5.88 Å². The number of ketones is 4. The number of amides is 1. The molecule has 11 nitrogen and oxygen atoms in total. The first-order valence-corrected chi connectivity index (χ1v) is 20.6. The SMILES string of the molecule is CCC[C@@H](CC(=O)[C@H]1C[C@@H](Oc2ccc(Cl)cn2)CN1C(=O)[C@H](CC(=O)[C@@H](Nc1nc2cc(F)ccc2o1)C1CCCCC1)C(C)(C)C)C(=O)C(=O)CC1CC1. The minimum Gasteiger partial charge on any atom is -0.472 e. The van der Waals surface area contributed by atoms with Crippen molar-refractivity contribution in [2.45, 2.75) is 129 Å². The first kappa shape index (κ1) is 41.4. The number of carbonyl (C=O) groups is 5. The fourth-order valence-corrected chi connectivity index (χ4v) is 8.43. The summed E-state index contributed by atoms with van der Waals surface area (Å²) >= 11 is 6.05. The van der Waals surface area contributed by atoms with Gasteiger partial charge in [0.05, 0.1) is 23.7 Å². The standard InChI is InChI=1S/C43H54ClFN4O7/c1-5-9-27(40(53)36(52)18-25-12-13-25)19-34(50)33-21-30(55-38-17-14-28(44)23-46-38)24-49(33)41(54)31(43(2,3)4)22-35(51)39(26-10-7-6-8-11-26)48-42-47-32-20-29(45)15-16-37(32)56-42/h14-17,20,23,25-27,30-31,33,39H,5-13,18-19,21-22,24H2,1-4H3,(H,47,48)/t27-,30+,31-,33+,39-/m0/s1. The summed E-state index contributed by atoms with van der Waals surface area (Å²) in [5, 5.41) is 3.66. The molecule has 0 radical (unpaired) electrons. The van der Waals surface area contributed by atoms with E-state index in [1.807, 2.05) is 27.7 Å². The largest absolute Gasteiger partial charge is 0.472 e. The van der Waals surface area contributed by atoms with Crippen LogP contribution in [-0.4, -0.2) is 68.6 Å². The monoisotopic (exact) mass is 792 g/mol. The fraction of sp³-hybridized carbons (Fsp3) is 0.605. The zero-order valence-corrected chi connectivity index (χ0v) is 33.6. The van der Waals surface area contributed by atoms with Gasteiger partial charge in [0.25, 0.3) is 6.01 Å². The number of pyridine rings is 1. The van der Waals surface area contributed by atoms with Gasteiger partial charge in [-0.15, -0.1) is 0 Å². The first-order chi connectivity index (χ1) is 26.7. The van der Waals surface area contributed by atoms with E-state index in [0.29, 0.717) is 29.0 Å². The molecule has 0 unspecified atom stereocenters. The summed E-state index contributed by atoms with van der Waals surface area (Å²) in [5.41, 5.74) is 0.0201. The zero-order valence-electron chi connectivity index (χ0n) is 32.9. The quantitative estimate of drug-likeness (QED) is 0.125. The number of benzene rings is 1. The number of rotatable bonds is 18. The molecule has 1 N–H and O–H groups in total. The molecule has 2 saturated carbocycles. The van der Waals surface area contributed by atoms with Gasteiger partial charge in [-0.3, -0.25) is 24.0 Å². The number of hydrogen-bond acceptors (Lipinski definition) is 10. The highest BCUT2D eigenvalue weighted by Crippen LogP contribution is 2.38. The maximum atomic E-state index is 14.9. The summed E-state index contributed by atoms with van der Waals surface area (Å²) in [4.78, 5) is 80.1. The number of nitrogens with one attached hydrogen (secondary N) is 1. The van der Waals surface area contributed by atoms with Crippen molar-refractivity contribution in [1.29, 1.82) is 0 Å². The van der Waals surface area contributed by atoms with Crippen LogP contribution in [0, 0.1) is 34.9 Å². The number of nitrogens with zero attached hydrogens (tertiary/aromatic N) is 3. The van der Waals surface area contributed by atoms with Crippen LogP contribution in [0.15, 0.2) is 40.9 Å². The van der Waals surface area contributed by atoms with Crippen molar-refractivity contribution >= 4 is 57.8 Å². The van der Waals surface area contributed by atoms with E-state index in [1.165, 1.54) is 29.3 Å². The summed E-state index contributed by atoms with van der Waals surface area (Å²) in [7, 11) is 0. The average Bonchev–Trinajstić information content (AvgIpc) is 3.73. The Morgan fingerprint density at radius 2 is 1.79 bits per heavy atom. The summed E-state index contributed by atoms with van der Waals surface area (Å²) in [6.07, 6.45) is 8.46. The van der Waals surface area contributed by atoms with E-state index in [2.05, 4.69) is 15.3 Å². The molecule has 2 aromatic heterocycles. The number of fused-ring (bicyclic) bond motifs is 1. The van der Waals surface area contributed by atoms with Gasteiger partial charge >= 0.3 is 0 Å². The molecule has 0 bridgehead atoms. The minimum atomic E-state index is -0.933. The summed E-state index contributed by atoms with van der Waals surface area (Å²) in [6, 6.07) is 5.79. The van der Waals surface area contributed by atoms with Crippen molar-refractivity contribution in [1.82, 2.24) is 14.9 Å². The topological polar surface area (TPSA) is 149 Å². The molecule has 3 aromatic rings. The number of hydrogen-bond donors (Lipinski definition) is 1. The summed E-state index contributed by atoms with van der Waals surface area (Å²) < 4.78 is 26.0. The Balaban J connectivity index is 1.25. The summed E-state index contributed by atoms with van der Waals surface area (Å²) in [5.74, 6) is -3.32. The van der Waals surface area contributed by atoms with Gasteiger partial charge in [0.1, 0.15) is 17.4 Å². The lowest BCUT2D eigenvalue weighted by molar-refractivity contribution is -0.147. The van der Waals surface area contributed by atoms with Crippen molar-refractivity contribution < 1.29 is 37.5 Å². The van der Waals surface area contributed by atoms with E-state index in [0.717, 1.165) is 44.9 Å². The van der Waals surface area contributed by atoms with Crippen LogP contribution >= 0.6 is 11.6 Å². The van der Waals surface area contributed by atoms with Crippen LogP contribution in [0.4, 0.5) is 10.4 Å². The third kappa shape index (κ3) is 10.4. The second-order valence-corrected chi connectivity index (χ2v) is 17.6. The number of aromatic nitrogens is 2. The lowest BCUT2D eigenvalue weighted by Crippen LogP contribution is -2.49. The number of halogens is 2. The lowest BCUT2D eigenvalue weighted by atomic mass is 9.74. The Hall–Kier alpha value is -4.19. The molecule has 56 heavy (non-hydrogen) atoms. The van der Waals surface area contributed by atoms with Gasteiger partial charge in [0.2, 0.25) is 17.6 Å². The summed E-state index contributed by atoms with van der Waals surface area (Å²) in [6.45, 7) is 7.69. The second kappa shape index (κ2) is 17.9. The smallest absolute Gasteiger partial charge is 0.296 e. The number of Topliss-reactive ketones (excluding diaryl/α,β-unsaturated/α-hetero) is 4. The van der Waals surface area contributed by atoms with Crippen molar-refractivity contribution in [3.8, 4) is 5.88 Å². The molecule has 2 aliphatic carbocycles. The molecule has 5 atom stereocenters. The van der Waals surface area contributed by atoms with Crippen molar-refractivity contribution in [3.63, 3.8) is 0 Å². The molecule has 0 spiro atoms. The zero-order chi connectivity index (χ0) is 40.1. The predicted molar refractivity (Wildman–Crippen MR) is 210 cm³/mol. The Labute approximate surface area is 332 Å². The van der Waals surface area contributed by atoms with Crippen LogP contribution in [0.3, 0.4) is 0 Å². The second-order valence-electron chi connectivity index (χ2n) is 17.1. The van der Waals surface area contributed by atoms with Gasteiger partial charge in [-0.2, -0.15) is 4.98 Å². The Kier molecular flexibility index (Phi) is 13.3. The minimum absolute atomic E-state index is 0.0276. The van der Waals surface area contributed by atoms with Gasteiger partial charge in [0, 0.05) is 55.8 Å². The van der Waals surface area contributed by atoms with Crippen molar-refractivity contribution in [2.24, 2.45) is 29.1 Å². The highest BCUT2D eigenvalue weighted by molar-refractivity contribution is 6.38. The van der Waals surface area contributed by atoms with Crippen LogP contribution in [0.2, 0.25) is 5.02 Å². The fourth-order valence-electron chi connectivity index (χ4n) is 8.32. The van der Waals surface area contributed by atoms with Gasteiger partial charge in [-0.25, -0.2) is 9.37 Å². The van der Waals surface area contributed by atoms with Gasteiger partial charge in [-0.05, 0) is 67.6 Å². The van der Waals surface area contributed by atoms with Crippen molar-refractivity contribution in [2.75, 3.05) is 11.9 Å². The normalized spacial score (nSPS) is 20.7. The van der Waals surface area contributed by atoms with E-state index >= 15 is 0 Å². The molecule has 302 valence electrons. The Bertz CT molecular complexity index is 1900. The molecule has 6 rings (SSSR count). The van der Waals surface area contributed by atoms with E-state index < -0.39 is 52.8 Å². The molecule has 13 heteroatoms. The number of oxazole rings is 1. The molecular weight excluding hydrogens is 739 g/mol. The van der Waals surface area contributed by atoms with Crippen molar-refractivity contribution in [3.05, 3.63) is 47.4 Å². The van der Waals surface area contributed by atoms with E-state index in [4.69, 9.17) is 20.8 Å². The van der Waals surface area contributed by atoms with Crippen LogP contribution in [-0.2, 0) is 24.0 Å². The molecule has 3 aliphatic rings. The number of ether oxygens (including phenoxy) is 1. The average molecular weight is 793 g/mol. The molecule has 1 amide bonds. The lowest BCUT2D eigenvalue weighted by Gasteiger charge is -2.36. The van der Waals surface area contributed by atoms with Gasteiger partial charge < -0.3 is 19.4 Å². The highest BCUT2D eigenvalue weighted by atomic mass is 35.5. The molecule has 1 saturated heterocycles.